The second-order valence-corrected chi connectivity index (χ2v) is 5.09. The molecule has 2 rings (SSSR count). The Morgan fingerprint density at radius 3 is 2.53 bits per heavy atom. The lowest BCUT2D eigenvalue weighted by Crippen LogP contribution is -2.51. The minimum Gasteiger partial charge on any atom is -0.480 e. The Labute approximate surface area is 117 Å². The number of para-hydroxylation sites is 1. The van der Waals surface area contributed by atoms with Crippen LogP contribution in [0, 0.1) is 0 Å². The zero-order valence-electron chi connectivity index (χ0n) is 10.6. The van der Waals surface area contributed by atoms with Crippen molar-refractivity contribution in [1.82, 2.24) is 4.90 Å². The Morgan fingerprint density at radius 2 is 1.95 bits per heavy atom. The number of carboxylic acids is 1. The van der Waals surface area contributed by atoms with E-state index in [-0.39, 0.29) is 0 Å². The zero-order chi connectivity index (χ0) is 13.8. The number of hydrogen-bond donors (Lipinski definition) is 2. The molecule has 1 heterocycles. The first-order chi connectivity index (χ1) is 9.08. The van der Waals surface area contributed by atoms with E-state index in [1.807, 2.05) is 24.3 Å². The molecule has 0 radical (unpaired) electrons. The third-order valence-electron chi connectivity index (χ3n) is 3.34. The van der Waals surface area contributed by atoms with Gasteiger partial charge in [0, 0.05) is 32.7 Å². The molecule has 6 heteroatoms. The van der Waals surface area contributed by atoms with Gasteiger partial charge in [-0.15, -0.1) is 0 Å². The topological polar surface area (TPSA) is 69.8 Å². The van der Waals surface area contributed by atoms with Crippen LogP contribution in [0.25, 0.3) is 0 Å². The normalized spacial score (nSPS) is 18.3. The molecule has 0 bridgehead atoms. The summed E-state index contributed by atoms with van der Waals surface area (Å²) in [6, 6.07) is 6.94. The Hall–Kier alpha value is -1.30. The fourth-order valence-corrected chi connectivity index (χ4v) is 2.49. The Balaban J connectivity index is 1.89. The molecular formula is C13H18ClN3O2. The van der Waals surface area contributed by atoms with Gasteiger partial charge in [-0.25, -0.2) is 0 Å². The van der Waals surface area contributed by atoms with Crippen LogP contribution >= 0.6 is 11.6 Å². The molecule has 0 aliphatic carbocycles. The number of nitrogens with zero attached hydrogens (tertiary/aromatic N) is 2. The molecule has 1 fully saturated rings. The largest absolute Gasteiger partial charge is 0.480 e. The average Bonchev–Trinajstić information content (AvgIpc) is 2.40. The van der Waals surface area contributed by atoms with Gasteiger partial charge in [-0.05, 0) is 12.1 Å². The van der Waals surface area contributed by atoms with Crippen molar-refractivity contribution in [2.75, 3.05) is 37.6 Å². The summed E-state index contributed by atoms with van der Waals surface area (Å²) < 4.78 is 0. The van der Waals surface area contributed by atoms with Gasteiger partial charge in [-0.2, -0.15) is 0 Å². The lowest BCUT2D eigenvalue weighted by Gasteiger charge is -2.36. The van der Waals surface area contributed by atoms with Crippen LogP contribution in [0.4, 0.5) is 5.69 Å². The molecule has 1 aliphatic rings. The average molecular weight is 284 g/mol. The standard InChI is InChI=1S/C13H18ClN3O2/c14-10-3-1-2-4-12(10)17-7-5-16(6-8-17)9-11(15)13(18)19/h1-4,11H,5-9,15H2,(H,18,19). The lowest BCUT2D eigenvalue weighted by atomic mass is 10.2. The van der Waals surface area contributed by atoms with Gasteiger partial charge >= 0.3 is 5.97 Å². The second kappa shape index (κ2) is 6.23. The summed E-state index contributed by atoms with van der Waals surface area (Å²) in [6.07, 6.45) is 0. The number of hydrogen-bond acceptors (Lipinski definition) is 4. The first kappa shape index (κ1) is 14.1. The number of benzene rings is 1. The Morgan fingerprint density at radius 1 is 1.32 bits per heavy atom. The third kappa shape index (κ3) is 3.59. The summed E-state index contributed by atoms with van der Waals surface area (Å²) in [7, 11) is 0. The number of carbonyl (C=O) groups is 1. The highest BCUT2D eigenvalue weighted by Gasteiger charge is 2.22. The van der Waals surface area contributed by atoms with Crippen LogP contribution in [0.5, 0.6) is 0 Å². The van der Waals surface area contributed by atoms with Crippen LogP contribution in [-0.4, -0.2) is 54.7 Å². The van der Waals surface area contributed by atoms with Crippen molar-refractivity contribution >= 4 is 23.3 Å². The van der Waals surface area contributed by atoms with E-state index in [0.29, 0.717) is 6.54 Å². The highest BCUT2D eigenvalue weighted by molar-refractivity contribution is 6.33. The van der Waals surface area contributed by atoms with Crippen molar-refractivity contribution < 1.29 is 9.90 Å². The fraction of sp³-hybridized carbons (Fsp3) is 0.462. The summed E-state index contributed by atoms with van der Waals surface area (Å²) >= 11 is 6.17. The van der Waals surface area contributed by atoms with Gasteiger partial charge in [-0.1, -0.05) is 23.7 Å². The number of carboxylic acid groups (broad SMARTS) is 1. The predicted molar refractivity (Wildman–Crippen MR) is 75.7 cm³/mol. The summed E-state index contributed by atoms with van der Waals surface area (Å²) in [4.78, 5) is 15.0. The molecule has 5 nitrogen and oxygen atoms in total. The smallest absolute Gasteiger partial charge is 0.321 e. The predicted octanol–water partition coefficient (Wildman–Crippen LogP) is 0.874. The molecule has 0 aromatic heterocycles. The van der Waals surface area contributed by atoms with E-state index < -0.39 is 12.0 Å². The first-order valence-electron chi connectivity index (χ1n) is 6.28. The molecule has 1 unspecified atom stereocenters. The molecule has 1 aliphatic heterocycles. The Kier molecular flexibility index (Phi) is 4.63. The number of rotatable bonds is 4. The van der Waals surface area contributed by atoms with Crippen molar-refractivity contribution in [3.8, 4) is 0 Å². The van der Waals surface area contributed by atoms with Gasteiger partial charge in [0.2, 0.25) is 0 Å². The summed E-state index contributed by atoms with van der Waals surface area (Å²) in [6.45, 7) is 3.65. The molecule has 19 heavy (non-hydrogen) atoms. The van der Waals surface area contributed by atoms with Crippen LogP contribution in [0.15, 0.2) is 24.3 Å². The van der Waals surface area contributed by atoms with Gasteiger partial charge in [0.1, 0.15) is 6.04 Å². The van der Waals surface area contributed by atoms with Gasteiger partial charge < -0.3 is 15.7 Å². The molecule has 0 amide bonds. The van der Waals surface area contributed by atoms with Crippen LogP contribution in [-0.2, 0) is 4.79 Å². The maximum Gasteiger partial charge on any atom is 0.321 e. The van der Waals surface area contributed by atoms with E-state index >= 15 is 0 Å². The van der Waals surface area contributed by atoms with Crippen molar-refractivity contribution in [3.05, 3.63) is 29.3 Å². The van der Waals surface area contributed by atoms with E-state index in [2.05, 4.69) is 9.80 Å². The molecular weight excluding hydrogens is 266 g/mol. The molecule has 104 valence electrons. The maximum absolute atomic E-state index is 10.7. The van der Waals surface area contributed by atoms with Gasteiger partial charge in [0.15, 0.2) is 0 Å². The molecule has 1 atom stereocenters. The van der Waals surface area contributed by atoms with Gasteiger partial charge in [0.25, 0.3) is 0 Å². The van der Waals surface area contributed by atoms with E-state index in [9.17, 15) is 4.79 Å². The van der Waals surface area contributed by atoms with Crippen molar-refractivity contribution in [2.24, 2.45) is 5.73 Å². The highest BCUT2D eigenvalue weighted by Crippen LogP contribution is 2.25. The number of piperazine rings is 1. The SMILES string of the molecule is NC(CN1CCN(c2ccccc2Cl)CC1)C(=O)O. The van der Waals surface area contributed by atoms with Crippen molar-refractivity contribution in [3.63, 3.8) is 0 Å². The highest BCUT2D eigenvalue weighted by atomic mass is 35.5. The van der Waals surface area contributed by atoms with Crippen LogP contribution in [0.3, 0.4) is 0 Å². The van der Waals surface area contributed by atoms with Crippen LogP contribution < -0.4 is 10.6 Å². The van der Waals surface area contributed by atoms with Crippen molar-refractivity contribution in [2.45, 2.75) is 6.04 Å². The summed E-state index contributed by atoms with van der Waals surface area (Å²) in [5.41, 5.74) is 6.57. The third-order valence-corrected chi connectivity index (χ3v) is 3.66. The molecule has 1 aromatic carbocycles. The number of nitrogens with two attached hydrogens (primary N) is 1. The Bertz CT molecular complexity index is 447. The fourth-order valence-electron chi connectivity index (χ4n) is 2.24. The molecule has 3 N–H and O–H groups in total. The van der Waals surface area contributed by atoms with E-state index in [4.69, 9.17) is 22.4 Å². The van der Waals surface area contributed by atoms with E-state index in [1.54, 1.807) is 0 Å². The van der Waals surface area contributed by atoms with Crippen LogP contribution in [0.2, 0.25) is 5.02 Å². The minimum atomic E-state index is -0.950. The summed E-state index contributed by atoms with van der Waals surface area (Å²) in [5.74, 6) is -0.950. The monoisotopic (exact) mass is 283 g/mol. The maximum atomic E-state index is 10.7. The second-order valence-electron chi connectivity index (χ2n) is 4.68. The van der Waals surface area contributed by atoms with Gasteiger partial charge in [-0.3, -0.25) is 9.69 Å². The number of aliphatic carboxylic acids is 1. The minimum absolute atomic E-state index is 0.395. The number of halogens is 1. The first-order valence-corrected chi connectivity index (χ1v) is 6.66. The molecule has 0 spiro atoms. The van der Waals surface area contributed by atoms with E-state index in [1.165, 1.54) is 0 Å². The zero-order valence-corrected chi connectivity index (χ0v) is 11.4. The number of anilines is 1. The molecule has 0 saturated carbocycles. The van der Waals surface area contributed by atoms with Gasteiger partial charge in [0.05, 0.1) is 10.7 Å². The van der Waals surface area contributed by atoms with Crippen LogP contribution in [0.1, 0.15) is 0 Å². The lowest BCUT2D eigenvalue weighted by molar-refractivity contribution is -0.139. The summed E-state index contributed by atoms with van der Waals surface area (Å²) in [5, 5.41) is 9.55. The molecule has 1 saturated heterocycles. The quantitative estimate of drug-likeness (QED) is 0.858. The molecule has 1 aromatic rings. The van der Waals surface area contributed by atoms with E-state index in [0.717, 1.165) is 36.9 Å². The van der Waals surface area contributed by atoms with Crippen molar-refractivity contribution in [1.29, 1.82) is 0 Å².